The van der Waals surface area contributed by atoms with Crippen LogP contribution in [0.4, 0.5) is 0 Å². The topological polar surface area (TPSA) is 51.2 Å². The van der Waals surface area contributed by atoms with E-state index in [1.165, 1.54) is 0 Å². The van der Waals surface area contributed by atoms with Gasteiger partial charge in [0, 0.05) is 11.3 Å². The molecular formula is C16H20O3S. The standard InChI is InChI=1S/C16H20O3S/c1-11-13-8-9-16(2,15(11)17)10-14(13)20(18,19)12-6-4-3-5-7-12/h3-7,11,13-14H,8-10H2,1-2H3. The van der Waals surface area contributed by atoms with Crippen LogP contribution in [-0.4, -0.2) is 19.5 Å². The molecule has 0 aromatic heterocycles. The molecule has 0 saturated heterocycles. The summed E-state index contributed by atoms with van der Waals surface area (Å²) in [6.07, 6.45) is 2.17. The smallest absolute Gasteiger partial charge is 0.181 e. The van der Waals surface area contributed by atoms with Gasteiger partial charge < -0.3 is 0 Å². The number of fused-ring (bicyclic) bond motifs is 3. The maximum atomic E-state index is 12.9. The summed E-state index contributed by atoms with van der Waals surface area (Å²) >= 11 is 0. The zero-order valence-corrected chi connectivity index (χ0v) is 12.7. The second kappa shape index (κ2) is 4.42. The van der Waals surface area contributed by atoms with Crippen molar-refractivity contribution in [2.75, 3.05) is 0 Å². The highest BCUT2D eigenvalue weighted by Crippen LogP contribution is 2.53. The third kappa shape index (κ3) is 1.85. The predicted molar refractivity (Wildman–Crippen MR) is 77.0 cm³/mol. The van der Waals surface area contributed by atoms with Gasteiger partial charge in [0.25, 0.3) is 0 Å². The van der Waals surface area contributed by atoms with Crippen molar-refractivity contribution in [1.82, 2.24) is 0 Å². The summed E-state index contributed by atoms with van der Waals surface area (Å²) in [5, 5.41) is -0.406. The molecule has 3 fully saturated rings. The van der Waals surface area contributed by atoms with E-state index in [-0.39, 0.29) is 17.6 Å². The highest BCUT2D eigenvalue weighted by atomic mass is 32.2. The van der Waals surface area contributed by atoms with Crippen LogP contribution in [0.25, 0.3) is 0 Å². The Morgan fingerprint density at radius 3 is 2.45 bits per heavy atom. The Labute approximate surface area is 120 Å². The lowest BCUT2D eigenvalue weighted by atomic mass is 9.56. The molecule has 0 N–H and O–H groups in total. The summed E-state index contributed by atoms with van der Waals surface area (Å²) in [7, 11) is -3.34. The number of benzene rings is 1. The van der Waals surface area contributed by atoms with E-state index in [4.69, 9.17) is 0 Å². The molecule has 4 atom stereocenters. The van der Waals surface area contributed by atoms with Crippen LogP contribution in [0, 0.1) is 17.3 Å². The predicted octanol–water partition coefficient (Wildman–Crippen LogP) is 2.85. The average Bonchev–Trinajstić information content (AvgIpc) is 2.45. The fourth-order valence-corrected chi connectivity index (χ4v) is 6.34. The Hall–Kier alpha value is -1.16. The SMILES string of the molecule is CC1C(=O)C2(C)CCC1C(S(=O)(=O)c1ccccc1)C2. The van der Waals surface area contributed by atoms with E-state index in [0.29, 0.717) is 11.3 Å². The van der Waals surface area contributed by atoms with Crippen molar-refractivity contribution in [1.29, 1.82) is 0 Å². The van der Waals surface area contributed by atoms with Crippen LogP contribution < -0.4 is 0 Å². The second-order valence-electron chi connectivity index (χ2n) is 6.52. The third-order valence-corrected chi connectivity index (χ3v) is 7.52. The Bertz CT molecular complexity index is 635. The lowest BCUT2D eigenvalue weighted by Gasteiger charge is -2.50. The largest absolute Gasteiger partial charge is 0.299 e. The number of ketones is 1. The average molecular weight is 292 g/mol. The van der Waals surface area contributed by atoms with Crippen LogP contribution in [0.15, 0.2) is 35.2 Å². The summed E-state index contributed by atoms with van der Waals surface area (Å²) in [5.41, 5.74) is -0.444. The number of sulfone groups is 1. The van der Waals surface area contributed by atoms with Gasteiger partial charge in [-0.05, 0) is 37.3 Å². The molecule has 3 saturated carbocycles. The molecule has 0 spiro atoms. The monoisotopic (exact) mass is 292 g/mol. The number of hydrogen-bond acceptors (Lipinski definition) is 3. The molecule has 1 aromatic rings. The molecule has 3 aliphatic rings. The summed E-state index contributed by atoms with van der Waals surface area (Å²) in [6.45, 7) is 3.84. The lowest BCUT2D eigenvalue weighted by Crippen LogP contribution is -2.55. The molecular weight excluding hydrogens is 272 g/mol. The zero-order chi connectivity index (χ0) is 14.5. The lowest BCUT2D eigenvalue weighted by molar-refractivity contribution is -0.142. The van der Waals surface area contributed by atoms with Crippen molar-refractivity contribution in [3.05, 3.63) is 30.3 Å². The number of Topliss-reactive ketones (excluding diaryl/α,β-unsaturated/α-hetero) is 1. The normalized spacial score (nSPS) is 37.1. The van der Waals surface area contributed by atoms with E-state index in [1.807, 2.05) is 19.9 Å². The molecule has 0 aliphatic heterocycles. The highest BCUT2D eigenvalue weighted by Gasteiger charge is 2.56. The van der Waals surface area contributed by atoms with Crippen molar-refractivity contribution < 1.29 is 13.2 Å². The van der Waals surface area contributed by atoms with Gasteiger partial charge in [0.2, 0.25) is 0 Å². The van der Waals surface area contributed by atoms with Crippen molar-refractivity contribution in [2.24, 2.45) is 17.3 Å². The summed E-state index contributed by atoms with van der Waals surface area (Å²) in [6, 6.07) is 8.65. The molecule has 4 unspecified atom stereocenters. The van der Waals surface area contributed by atoms with Gasteiger partial charge in [0.05, 0.1) is 10.1 Å². The van der Waals surface area contributed by atoms with Gasteiger partial charge in [-0.25, -0.2) is 8.42 Å². The Morgan fingerprint density at radius 1 is 1.20 bits per heavy atom. The van der Waals surface area contributed by atoms with E-state index in [1.54, 1.807) is 24.3 Å². The fourth-order valence-electron chi connectivity index (χ4n) is 4.03. The quantitative estimate of drug-likeness (QED) is 0.842. The minimum atomic E-state index is -3.34. The molecule has 108 valence electrons. The molecule has 3 aliphatic carbocycles. The van der Waals surface area contributed by atoms with E-state index in [9.17, 15) is 13.2 Å². The highest BCUT2D eigenvalue weighted by molar-refractivity contribution is 7.92. The van der Waals surface area contributed by atoms with Gasteiger partial charge in [-0.2, -0.15) is 0 Å². The molecule has 2 bridgehead atoms. The molecule has 0 radical (unpaired) electrons. The first-order chi connectivity index (χ1) is 9.36. The molecule has 1 aromatic carbocycles. The first-order valence-corrected chi connectivity index (χ1v) is 8.74. The van der Waals surface area contributed by atoms with Crippen LogP contribution in [-0.2, 0) is 14.6 Å². The van der Waals surface area contributed by atoms with Crippen molar-refractivity contribution in [3.63, 3.8) is 0 Å². The van der Waals surface area contributed by atoms with Gasteiger partial charge >= 0.3 is 0 Å². The maximum absolute atomic E-state index is 12.9. The maximum Gasteiger partial charge on any atom is 0.181 e. The van der Waals surface area contributed by atoms with E-state index < -0.39 is 20.5 Å². The van der Waals surface area contributed by atoms with Crippen molar-refractivity contribution in [2.45, 2.75) is 43.3 Å². The van der Waals surface area contributed by atoms with Crippen LogP contribution >= 0.6 is 0 Å². The van der Waals surface area contributed by atoms with E-state index in [0.717, 1.165) is 12.8 Å². The van der Waals surface area contributed by atoms with Gasteiger partial charge in [-0.15, -0.1) is 0 Å². The molecule has 20 heavy (non-hydrogen) atoms. The molecule has 4 heteroatoms. The molecule has 4 rings (SSSR count). The fraction of sp³-hybridized carbons (Fsp3) is 0.562. The van der Waals surface area contributed by atoms with Crippen LogP contribution in [0.3, 0.4) is 0 Å². The first-order valence-electron chi connectivity index (χ1n) is 7.19. The Morgan fingerprint density at radius 2 is 1.85 bits per heavy atom. The summed E-state index contributed by atoms with van der Waals surface area (Å²) in [4.78, 5) is 12.7. The number of hydrogen-bond donors (Lipinski definition) is 0. The second-order valence-corrected chi connectivity index (χ2v) is 8.68. The van der Waals surface area contributed by atoms with Crippen LogP contribution in [0.5, 0.6) is 0 Å². The van der Waals surface area contributed by atoms with Gasteiger partial charge in [0.15, 0.2) is 9.84 Å². The minimum absolute atomic E-state index is 0.0190. The van der Waals surface area contributed by atoms with Crippen LogP contribution in [0.1, 0.15) is 33.1 Å². The molecule has 0 amide bonds. The summed E-state index contributed by atoms with van der Waals surface area (Å²) < 4.78 is 25.7. The minimum Gasteiger partial charge on any atom is -0.299 e. The number of carbonyl (C=O) groups excluding carboxylic acids is 1. The van der Waals surface area contributed by atoms with Crippen molar-refractivity contribution >= 4 is 15.6 Å². The molecule has 0 heterocycles. The summed E-state index contributed by atoms with van der Waals surface area (Å²) in [5.74, 6) is 0.105. The number of carbonyl (C=O) groups is 1. The third-order valence-electron chi connectivity index (χ3n) is 5.28. The van der Waals surface area contributed by atoms with Crippen LogP contribution in [0.2, 0.25) is 0 Å². The van der Waals surface area contributed by atoms with Gasteiger partial charge in [-0.1, -0.05) is 32.0 Å². The number of rotatable bonds is 2. The van der Waals surface area contributed by atoms with E-state index >= 15 is 0 Å². The Balaban J connectivity index is 2.02. The van der Waals surface area contributed by atoms with Gasteiger partial charge in [0.1, 0.15) is 5.78 Å². The van der Waals surface area contributed by atoms with E-state index in [2.05, 4.69) is 0 Å². The van der Waals surface area contributed by atoms with Crippen molar-refractivity contribution in [3.8, 4) is 0 Å². The molecule has 3 nitrogen and oxygen atoms in total. The first kappa shape index (κ1) is 13.8. The van der Waals surface area contributed by atoms with Gasteiger partial charge in [-0.3, -0.25) is 4.79 Å². The zero-order valence-electron chi connectivity index (χ0n) is 11.9. The Kier molecular flexibility index (Phi) is 3.05.